The van der Waals surface area contributed by atoms with Crippen LogP contribution in [0.25, 0.3) is 22.3 Å². The van der Waals surface area contributed by atoms with Crippen LogP contribution in [0.1, 0.15) is 67.5 Å². The van der Waals surface area contributed by atoms with Crippen molar-refractivity contribution in [3.63, 3.8) is 0 Å². The molecule has 1 fully saturated rings. The monoisotopic (exact) mass is 523 g/mol. The van der Waals surface area contributed by atoms with Gasteiger partial charge in [0.2, 0.25) is 0 Å². The summed E-state index contributed by atoms with van der Waals surface area (Å²) in [4.78, 5) is 19.1. The fourth-order valence-corrected chi connectivity index (χ4v) is 6.49. The topological polar surface area (TPSA) is 57.3 Å². The molecule has 6 rings (SSSR count). The molecule has 0 radical (unpaired) electrons. The van der Waals surface area contributed by atoms with Crippen molar-refractivity contribution in [2.24, 2.45) is 0 Å². The molecule has 0 bridgehead atoms. The molecular weight excluding hydrogens is 482 g/mol. The standard InChI is InChI=1S/C33H41N5O/c1-20(2)24-11-10-21(3)30(17-24)37-14-13-28-27(19-37)33(38-15-12-25(39-6)16-23(38)5)36-32(35-28)26-8-7-9-29-31(26)22(4)18-34-29/h7-11,17-18,20,23,25,34H,12-16,19H2,1-6H3/t23-,25+/m0/s1. The number of nitrogens with one attached hydrogen (secondary N) is 1. The first kappa shape index (κ1) is 25.9. The largest absolute Gasteiger partial charge is 0.381 e. The molecule has 204 valence electrons. The summed E-state index contributed by atoms with van der Waals surface area (Å²) in [6.07, 6.45) is 5.32. The molecule has 0 amide bonds. The fourth-order valence-electron chi connectivity index (χ4n) is 6.49. The number of ether oxygens (including phenoxy) is 1. The second-order valence-corrected chi connectivity index (χ2v) is 11.8. The molecular formula is C33H41N5O. The van der Waals surface area contributed by atoms with Gasteiger partial charge in [-0.3, -0.25) is 0 Å². The predicted molar refractivity (Wildman–Crippen MR) is 161 cm³/mol. The number of fused-ring (bicyclic) bond motifs is 2. The van der Waals surface area contributed by atoms with E-state index in [4.69, 9.17) is 14.7 Å². The van der Waals surface area contributed by atoms with Gasteiger partial charge in [-0.05, 0) is 68.4 Å². The fraction of sp³-hybridized carbons (Fsp3) is 0.455. The minimum atomic E-state index is 0.308. The zero-order chi connectivity index (χ0) is 27.3. The van der Waals surface area contributed by atoms with Gasteiger partial charge < -0.3 is 19.5 Å². The Kier molecular flexibility index (Phi) is 6.84. The molecule has 0 unspecified atom stereocenters. The maximum absolute atomic E-state index is 5.75. The van der Waals surface area contributed by atoms with E-state index >= 15 is 0 Å². The van der Waals surface area contributed by atoms with Crippen molar-refractivity contribution < 1.29 is 4.74 Å². The molecule has 39 heavy (non-hydrogen) atoms. The van der Waals surface area contributed by atoms with Crippen molar-refractivity contribution in [1.82, 2.24) is 15.0 Å². The Morgan fingerprint density at radius 2 is 1.90 bits per heavy atom. The highest BCUT2D eigenvalue weighted by Gasteiger charge is 2.32. The highest BCUT2D eigenvalue weighted by molar-refractivity contribution is 5.96. The molecule has 2 aromatic heterocycles. The van der Waals surface area contributed by atoms with Crippen LogP contribution >= 0.6 is 0 Å². The molecule has 2 aliphatic heterocycles. The van der Waals surface area contributed by atoms with E-state index in [1.807, 2.05) is 7.11 Å². The van der Waals surface area contributed by atoms with Crippen molar-refractivity contribution in [2.75, 3.05) is 30.0 Å². The van der Waals surface area contributed by atoms with Crippen LogP contribution < -0.4 is 9.80 Å². The smallest absolute Gasteiger partial charge is 0.162 e. The van der Waals surface area contributed by atoms with Gasteiger partial charge in [0.05, 0.1) is 11.8 Å². The Labute approximate surface area is 232 Å². The van der Waals surface area contributed by atoms with Crippen LogP contribution in [0.4, 0.5) is 11.5 Å². The summed E-state index contributed by atoms with van der Waals surface area (Å²) in [5.74, 6) is 2.44. The lowest BCUT2D eigenvalue weighted by molar-refractivity contribution is 0.0719. The van der Waals surface area contributed by atoms with E-state index in [1.54, 1.807) is 0 Å². The number of hydrogen-bond acceptors (Lipinski definition) is 5. The summed E-state index contributed by atoms with van der Waals surface area (Å²) in [5.41, 5.74) is 9.98. The Bertz CT molecular complexity index is 1510. The highest BCUT2D eigenvalue weighted by Crippen LogP contribution is 2.38. The Morgan fingerprint density at radius 1 is 1.05 bits per heavy atom. The molecule has 2 aromatic carbocycles. The molecule has 0 saturated carbocycles. The number of hydrogen-bond donors (Lipinski definition) is 1. The molecule has 6 nitrogen and oxygen atoms in total. The third-order valence-corrected chi connectivity index (χ3v) is 8.86. The molecule has 1 N–H and O–H groups in total. The second-order valence-electron chi connectivity index (χ2n) is 11.8. The summed E-state index contributed by atoms with van der Waals surface area (Å²) < 4.78 is 5.75. The zero-order valence-electron chi connectivity index (χ0n) is 24.2. The normalized spacial score (nSPS) is 19.7. The van der Waals surface area contributed by atoms with Crippen molar-refractivity contribution >= 4 is 22.4 Å². The Balaban J connectivity index is 1.47. The average Bonchev–Trinajstić information content (AvgIpc) is 3.33. The van der Waals surface area contributed by atoms with E-state index in [-0.39, 0.29) is 0 Å². The number of anilines is 2. The number of aryl methyl sites for hydroxylation is 2. The summed E-state index contributed by atoms with van der Waals surface area (Å²) in [6.45, 7) is 14.0. The van der Waals surface area contributed by atoms with Crippen molar-refractivity contribution in [1.29, 1.82) is 0 Å². The maximum atomic E-state index is 5.75. The van der Waals surface area contributed by atoms with Crippen LogP contribution in [0.3, 0.4) is 0 Å². The maximum Gasteiger partial charge on any atom is 0.162 e. The number of piperidine rings is 1. The first-order valence-electron chi connectivity index (χ1n) is 14.5. The predicted octanol–water partition coefficient (Wildman–Crippen LogP) is 6.93. The number of aromatic nitrogens is 3. The van der Waals surface area contributed by atoms with Crippen molar-refractivity contribution in [3.05, 3.63) is 70.5 Å². The number of rotatable bonds is 5. The third kappa shape index (κ3) is 4.69. The van der Waals surface area contributed by atoms with Crippen LogP contribution in [0.2, 0.25) is 0 Å². The number of aromatic amines is 1. The zero-order valence-corrected chi connectivity index (χ0v) is 24.2. The van der Waals surface area contributed by atoms with Gasteiger partial charge in [0, 0.05) is 73.1 Å². The second kappa shape index (κ2) is 10.3. The van der Waals surface area contributed by atoms with Crippen molar-refractivity contribution in [3.8, 4) is 11.4 Å². The SMILES string of the molecule is CO[C@@H]1CCN(c2nc(-c3cccc4[nH]cc(C)c34)nc3c2CN(c2cc(C(C)C)ccc2C)CC3)[C@@H](C)C1. The third-order valence-electron chi connectivity index (χ3n) is 8.86. The molecule has 1 saturated heterocycles. The lowest BCUT2D eigenvalue weighted by Crippen LogP contribution is -2.45. The van der Waals surface area contributed by atoms with Crippen LogP contribution in [0.5, 0.6) is 0 Å². The van der Waals surface area contributed by atoms with E-state index < -0.39 is 0 Å². The summed E-state index contributed by atoms with van der Waals surface area (Å²) in [7, 11) is 1.84. The van der Waals surface area contributed by atoms with E-state index in [1.165, 1.54) is 39.0 Å². The van der Waals surface area contributed by atoms with Gasteiger partial charge >= 0.3 is 0 Å². The van der Waals surface area contributed by atoms with Gasteiger partial charge in [-0.25, -0.2) is 9.97 Å². The number of nitrogens with zero attached hydrogens (tertiary/aromatic N) is 4. The molecule has 6 heteroatoms. The minimum Gasteiger partial charge on any atom is -0.381 e. The first-order valence-corrected chi connectivity index (χ1v) is 14.5. The number of H-pyrrole nitrogens is 1. The van der Waals surface area contributed by atoms with Gasteiger partial charge in [0.25, 0.3) is 0 Å². The van der Waals surface area contributed by atoms with Gasteiger partial charge in [-0.1, -0.05) is 38.1 Å². The van der Waals surface area contributed by atoms with Gasteiger partial charge in [0.15, 0.2) is 5.82 Å². The first-order chi connectivity index (χ1) is 18.8. The van der Waals surface area contributed by atoms with E-state index in [0.717, 1.165) is 61.6 Å². The van der Waals surface area contributed by atoms with Crippen molar-refractivity contribution in [2.45, 2.75) is 78.5 Å². The van der Waals surface area contributed by atoms with Crippen LogP contribution in [0, 0.1) is 13.8 Å². The highest BCUT2D eigenvalue weighted by atomic mass is 16.5. The summed E-state index contributed by atoms with van der Waals surface area (Å²) >= 11 is 0. The van der Waals surface area contributed by atoms with Crippen LogP contribution in [0.15, 0.2) is 42.6 Å². The molecule has 2 atom stereocenters. The van der Waals surface area contributed by atoms with E-state index in [9.17, 15) is 0 Å². The van der Waals surface area contributed by atoms with E-state index in [2.05, 4.69) is 92.0 Å². The van der Waals surface area contributed by atoms with Crippen LogP contribution in [-0.4, -0.2) is 47.3 Å². The lowest BCUT2D eigenvalue weighted by atomic mass is 9.96. The van der Waals surface area contributed by atoms with Gasteiger partial charge in [-0.2, -0.15) is 0 Å². The van der Waals surface area contributed by atoms with Gasteiger partial charge in [-0.15, -0.1) is 0 Å². The minimum absolute atomic E-state index is 0.308. The molecule has 0 spiro atoms. The Morgan fingerprint density at radius 3 is 2.67 bits per heavy atom. The number of methoxy groups -OCH3 is 1. The summed E-state index contributed by atoms with van der Waals surface area (Å²) in [6, 6.07) is 13.7. The molecule has 0 aliphatic carbocycles. The molecule has 4 aromatic rings. The summed E-state index contributed by atoms with van der Waals surface area (Å²) in [5, 5.41) is 1.22. The quantitative estimate of drug-likeness (QED) is 0.307. The van der Waals surface area contributed by atoms with Gasteiger partial charge in [0.1, 0.15) is 5.82 Å². The van der Waals surface area contributed by atoms with E-state index in [0.29, 0.717) is 18.1 Å². The Hall–Kier alpha value is -3.38. The average molecular weight is 524 g/mol. The molecule has 4 heterocycles. The van der Waals surface area contributed by atoms with Crippen LogP contribution in [-0.2, 0) is 17.7 Å². The number of benzene rings is 2. The lowest BCUT2D eigenvalue weighted by Gasteiger charge is -2.41. The molecule has 2 aliphatic rings.